The number of hydrogen-bond donors (Lipinski definition) is 2. The molecular weight excluding hydrogens is 228 g/mol. The molecule has 18 heavy (non-hydrogen) atoms. The fourth-order valence-corrected chi connectivity index (χ4v) is 2.19. The minimum Gasteiger partial charge on any atom is -0.492 e. The lowest BCUT2D eigenvalue weighted by Crippen LogP contribution is -2.20. The van der Waals surface area contributed by atoms with Crippen LogP contribution in [0.5, 0.6) is 5.75 Å². The first-order chi connectivity index (χ1) is 8.61. The molecule has 0 heterocycles. The molecule has 0 aliphatic heterocycles. The van der Waals surface area contributed by atoms with Crippen molar-refractivity contribution in [3.8, 4) is 5.75 Å². The Labute approximate surface area is 108 Å². The normalized spacial score (nSPS) is 16.2. The van der Waals surface area contributed by atoms with Gasteiger partial charge in [-0.2, -0.15) is 0 Å². The van der Waals surface area contributed by atoms with Gasteiger partial charge in [-0.15, -0.1) is 0 Å². The van der Waals surface area contributed by atoms with E-state index in [-0.39, 0.29) is 11.3 Å². The SMILES string of the molecule is CCOc1ccc(C2(CN)CC2)cc1NC(C)=O. The predicted molar refractivity (Wildman–Crippen MR) is 71.9 cm³/mol. The Morgan fingerprint density at radius 1 is 1.50 bits per heavy atom. The Morgan fingerprint density at radius 2 is 2.22 bits per heavy atom. The van der Waals surface area contributed by atoms with Crippen LogP contribution >= 0.6 is 0 Å². The maximum absolute atomic E-state index is 11.2. The lowest BCUT2D eigenvalue weighted by atomic mass is 9.95. The quantitative estimate of drug-likeness (QED) is 0.838. The van der Waals surface area contributed by atoms with Gasteiger partial charge >= 0.3 is 0 Å². The maximum atomic E-state index is 11.2. The number of carbonyl (C=O) groups is 1. The lowest BCUT2D eigenvalue weighted by molar-refractivity contribution is -0.114. The van der Waals surface area contributed by atoms with Crippen molar-refractivity contribution in [2.75, 3.05) is 18.5 Å². The second-order valence-electron chi connectivity index (χ2n) is 4.81. The van der Waals surface area contributed by atoms with E-state index < -0.39 is 0 Å². The van der Waals surface area contributed by atoms with Crippen LogP contribution in [0.25, 0.3) is 0 Å². The van der Waals surface area contributed by atoms with Crippen molar-refractivity contribution in [3.05, 3.63) is 23.8 Å². The fraction of sp³-hybridized carbons (Fsp3) is 0.500. The summed E-state index contributed by atoms with van der Waals surface area (Å²) in [5.41, 5.74) is 7.88. The van der Waals surface area contributed by atoms with E-state index in [0.29, 0.717) is 18.9 Å². The van der Waals surface area contributed by atoms with Gasteiger partial charge in [0.2, 0.25) is 5.91 Å². The van der Waals surface area contributed by atoms with Crippen LogP contribution in [0.4, 0.5) is 5.69 Å². The van der Waals surface area contributed by atoms with Crippen LogP contribution in [0.3, 0.4) is 0 Å². The van der Waals surface area contributed by atoms with Gasteiger partial charge in [0.25, 0.3) is 0 Å². The van der Waals surface area contributed by atoms with Gasteiger partial charge in [0.1, 0.15) is 5.75 Å². The van der Waals surface area contributed by atoms with Gasteiger partial charge < -0.3 is 15.8 Å². The maximum Gasteiger partial charge on any atom is 0.221 e. The molecule has 1 aliphatic carbocycles. The zero-order chi connectivity index (χ0) is 13.2. The first kappa shape index (κ1) is 12.9. The number of benzene rings is 1. The second-order valence-corrected chi connectivity index (χ2v) is 4.81. The molecule has 2 rings (SSSR count). The van der Waals surface area contributed by atoms with Crippen molar-refractivity contribution in [1.82, 2.24) is 0 Å². The van der Waals surface area contributed by atoms with Crippen LogP contribution in [-0.2, 0) is 10.2 Å². The fourth-order valence-electron chi connectivity index (χ4n) is 2.19. The first-order valence-electron chi connectivity index (χ1n) is 6.36. The summed E-state index contributed by atoms with van der Waals surface area (Å²) in [6, 6.07) is 5.96. The predicted octanol–water partition coefficient (Wildman–Crippen LogP) is 2.03. The molecule has 1 aromatic carbocycles. The van der Waals surface area contributed by atoms with E-state index in [0.717, 1.165) is 18.5 Å². The molecule has 1 aromatic rings. The number of nitrogens with one attached hydrogen (secondary N) is 1. The highest BCUT2D eigenvalue weighted by atomic mass is 16.5. The van der Waals surface area contributed by atoms with Crippen molar-refractivity contribution in [1.29, 1.82) is 0 Å². The van der Waals surface area contributed by atoms with E-state index in [1.807, 2.05) is 19.1 Å². The van der Waals surface area contributed by atoms with E-state index >= 15 is 0 Å². The summed E-state index contributed by atoms with van der Waals surface area (Å²) >= 11 is 0. The van der Waals surface area contributed by atoms with E-state index in [4.69, 9.17) is 10.5 Å². The molecule has 0 bridgehead atoms. The minimum absolute atomic E-state index is 0.0919. The molecule has 1 aliphatic rings. The number of hydrogen-bond acceptors (Lipinski definition) is 3. The zero-order valence-electron chi connectivity index (χ0n) is 11.0. The van der Waals surface area contributed by atoms with E-state index in [2.05, 4.69) is 11.4 Å². The number of anilines is 1. The summed E-state index contributed by atoms with van der Waals surface area (Å²) in [7, 11) is 0. The molecule has 0 aromatic heterocycles. The van der Waals surface area contributed by atoms with Crippen LogP contribution < -0.4 is 15.8 Å². The third-order valence-electron chi connectivity index (χ3n) is 3.45. The molecule has 0 unspecified atom stereocenters. The highest BCUT2D eigenvalue weighted by Gasteiger charge is 2.43. The van der Waals surface area contributed by atoms with Crippen molar-refractivity contribution >= 4 is 11.6 Å². The van der Waals surface area contributed by atoms with Crippen LogP contribution in [0, 0.1) is 0 Å². The Bertz CT molecular complexity index is 453. The smallest absolute Gasteiger partial charge is 0.221 e. The summed E-state index contributed by atoms with van der Waals surface area (Å²) in [6.07, 6.45) is 2.24. The Morgan fingerprint density at radius 3 is 2.72 bits per heavy atom. The van der Waals surface area contributed by atoms with Crippen LogP contribution in [0.2, 0.25) is 0 Å². The monoisotopic (exact) mass is 248 g/mol. The molecule has 3 N–H and O–H groups in total. The van der Waals surface area contributed by atoms with E-state index in [9.17, 15) is 4.79 Å². The van der Waals surface area contributed by atoms with Gasteiger partial charge in [0.05, 0.1) is 12.3 Å². The van der Waals surface area contributed by atoms with Crippen LogP contribution in [0.15, 0.2) is 18.2 Å². The molecule has 1 amide bonds. The molecular formula is C14H20N2O2. The molecule has 4 nitrogen and oxygen atoms in total. The molecule has 0 spiro atoms. The molecule has 0 atom stereocenters. The van der Waals surface area contributed by atoms with Crippen molar-refractivity contribution < 1.29 is 9.53 Å². The van der Waals surface area contributed by atoms with Crippen molar-refractivity contribution in [3.63, 3.8) is 0 Å². The molecule has 0 radical (unpaired) electrons. The Kier molecular flexibility index (Phi) is 3.57. The van der Waals surface area contributed by atoms with Gasteiger partial charge in [-0.05, 0) is 37.5 Å². The van der Waals surface area contributed by atoms with Gasteiger partial charge in [0.15, 0.2) is 0 Å². The number of amides is 1. The molecule has 4 heteroatoms. The van der Waals surface area contributed by atoms with Crippen molar-refractivity contribution in [2.45, 2.75) is 32.1 Å². The summed E-state index contributed by atoms with van der Waals surface area (Å²) in [6.45, 7) is 4.65. The number of carbonyl (C=O) groups excluding carboxylic acids is 1. The van der Waals surface area contributed by atoms with Gasteiger partial charge in [-0.3, -0.25) is 4.79 Å². The van der Waals surface area contributed by atoms with Gasteiger partial charge in [-0.1, -0.05) is 6.07 Å². The average Bonchev–Trinajstić information content (AvgIpc) is 3.12. The van der Waals surface area contributed by atoms with E-state index in [1.54, 1.807) is 0 Å². The van der Waals surface area contributed by atoms with Crippen molar-refractivity contribution in [2.24, 2.45) is 5.73 Å². The minimum atomic E-state index is -0.0919. The molecule has 98 valence electrons. The second kappa shape index (κ2) is 4.98. The Balaban J connectivity index is 2.32. The first-order valence-corrected chi connectivity index (χ1v) is 6.36. The van der Waals surface area contributed by atoms with Gasteiger partial charge in [0, 0.05) is 18.9 Å². The highest BCUT2D eigenvalue weighted by Crippen LogP contribution is 2.48. The molecule has 1 fully saturated rings. The highest BCUT2D eigenvalue weighted by molar-refractivity contribution is 5.90. The molecule has 1 saturated carbocycles. The zero-order valence-corrected chi connectivity index (χ0v) is 11.0. The van der Waals surface area contributed by atoms with Crippen LogP contribution in [-0.4, -0.2) is 19.1 Å². The third kappa shape index (κ3) is 2.48. The van der Waals surface area contributed by atoms with Crippen LogP contribution in [0.1, 0.15) is 32.3 Å². The number of nitrogens with two attached hydrogens (primary N) is 1. The summed E-state index contributed by atoms with van der Waals surface area (Å²) in [5.74, 6) is 0.620. The summed E-state index contributed by atoms with van der Waals surface area (Å²) < 4.78 is 5.51. The standard InChI is InChI=1S/C14H20N2O2/c1-3-18-13-5-4-11(14(9-15)6-7-14)8-12(13)16-10(2)17/h4-5,8H,3,6-7,9,15H2,1-2H3,(H,16,17). The van der Waals surface area contributed by atoms with E-state index in [1.165, 1.54) is 12.5 Å². The summed E-state index contributed by atoms with van der Waals surface area (Å²) in [5, 5.41) is 2.82. The molecule has 0 saturated heterocycles. The third-order valence-corrected chi connectivity index (χ3v) is 3.45. The Hall–Kier alpha value is -1.55. The lowest BCUT2D eigenvalue weighted by Gasteiger charge is -2.17. The topological polar surface area (TPSA) is 64.3 Å². The summed E-state index contributed by atoms with van der Waals surface area (Å²) in [4.78, 5) is 11.2. The van der Waals surface area contributed by atoms with Gasteiger partial charge in [-0.25, -0.2) is 0 Å². The largest absolute Gasteiger partial charge is 0.492 e. The number of rotatable bonds is 5. The number of ether oxygens (including phenoxy) is 1. The average molecular weight is 248 g/mol.